The van der Waals surface area contributed by atoms with Crippen LogP contribution in [0, 0.1) is 5.92 Å². The highest BCUT2D eigenvalue weighted by Gasteiger charge is 2.44. The van der Waals surface area contributed by atoms with Gasteiger partial charge in [-0.05, 0) is 6.92 Å². The van der Waals surface area contributed by atoms with E-state index < -0.39 is 60.9 Å². The predicted molar refractivity (Wildman–Crippen MR) is 70.7 cm³/mol. The molecule has 0 bridgehead atoms. The van der Waals surface area contributed by atoms with Gasteiger partial charge in [-0.1, -0.05) is 0 Å². The van der Waals surface area contributed by atoms with Crippen LogP contribution in [0.1, 0.15) is 6.92 Å². The maximum absolute atomic E-state index is 11.5. The Balaban J connectivity index is 2.64. The van der Waals surface area contributed by atoms with Crippen LogP contribution in [0.2, 0.25) is 0 Å². The average molecular weight is 402 g/mol. The van der Waals surface area contributed by atoms with Crippen molar-refractivity contribution in [3.05, 3.63) is 0 Å². The first-order chi connectivity index (χ1) is 10.3. The summed E-state index contributed by atoms with van der Waals surface area (Å²) < 4.78 is 49.7. The van der Waals surface area contributed by atoms with E-state index in [2.05, 4.69) is 13.1 Å². The topological polar surface area (TPSA) is 210 Å². The molecule has 13 nitrogen and oxygen atoms in total. The molecular weight excluding hydrogens is 385 g/mol. The summed E-state index contributed by atoms with van der Waals surface area (Å²) in [6, 6.07) is 0. The molecule has 1 fully saturated rings. The number of aliphatic hydroxyl groups is 2. The lowest BCUT2D eigenvalue weighted by Crippen LogP contribution is -2.31. The molecule has 6 N–H and O–H groups in total. The fourth-order valence-electron chi connectivity index (χ4n) is 1.88. The van der Waals surface area contributed by atoms with Crippen molar-refractivity contribution in [1.82, 2.24) is 0 Å². The van der Waals surface area contributed by atoms with E-state index >= 15 is 0 Å². The van der Waals surface area contributed by atoms with Crippen molar-refractivity contribution in [3.8, 4) is 0 Å². The Morgan fingerprint density at radius 3 is 2.09 bits per heavy atom. The lowest BCUT2D eigenvalue weighted by Gasteiger charge is -2.20. The zero-order valence-corrected chi connectivity index (χ0v) is 14.3. The van der Waals surface area contributed by atoms with Gasteiger partial charge in [0, 0.05) is 5.92 Å². The molecule has 16 heteroatoms. The van der Waals surface area contributed by atoms with Crippen LogP contribution in [0.3, 0.4) is 0 Å². The number of hydrogen-bond acceptors (Lipinski definition) is 9. The van der Waals surface area contributed by atoms with Gasteiger partial charge in [0.15, 0.2) is 0 Å². The van der Waals surface area contributed by atoms with Crippen molar-refractivity contribution in [2.45, 2.75) is 25.2 Å². The molecule has 6 atom stereocenters. The largest absolute Gasteiger partial charge is 0.490 e. The first kappa shape index (κ1) is 21.3. The SMILES string of the molecule is C[C@@H]1O[C@H](COP(=O)(O)OP(=O)(O)OP(=O)(O)O)[C@@H](CO)[C@H]1O. The first-order valence-corrected chi connectivity index (χ1v) is 10.5. The van der Waals surface area contributed by atoms with Gasteiger partial charge in [0.2, 0.25) is 0 Å². The fraction of sp³-hybridized carbons (Fsp3) is 1.00. The van der Waals surface area contributed by atoms with Crippen molar-refractivity contribution < 1.29 is 61.4 Å². The molecule has 0 aromatic heterocycles. The molecule has 1 rings (SSSR count). The number of aliphatic hydroxyl groups excluding tert-OH is 2. The molecule has 0 radical (unpaired) electrons. The van der Waals surface area contributed by atoms with Crippen molar-refractivity contribution >= 4 is 23.5 Å². The Hall–Kier alpha value is 0.290. The molecule has 0 aromatic carbocycles. The third kappa shape index (κ3) is 6.97. The highest BCUT2D eigenvalue weighted by molar-refractivity contribution is 7.66. The minimum atomic E-state index is -5.58. The van der Waals surface area contributed by atoms with Crippen LogP contribution >= 0.6 is 23.5 Å². The molecule has 1 heterocycles. The van der Waals surface area contributed by atoms with Gasteiger partial charge in [0.05, 0.1) is 31.5 Å². The van der Waals surface area contributed by atoms with Crippen LogP contribution in [-0.4, -0.2) is 61.3 Å². The number of phosphoric ester groups is 1. The number of hydrogen-bond donors (Lipinski definition) is 6. The molecule has 1 aliphatic heterocycles. The van der Waals surface area contributed by atoms with Gasteiger partial charge >= 0.3 is 23.5 Å². The average Bonchev–Trinajstić information content (AvgIpc) is 2.57. The Morgan fingerprint density at radius 1 is 1.04 bits per heavy atom. The molecule has 2 unspecified atom stereocenters. The second-order valence-electron chi connectivity index (χ2n) is 4.60. The van der Waals surface area contributed by atoms with Crippen molar-refractivity contribution in [1.29, 1.82) is 0 Å². The summed E-state index contributed by atoms with van der Waals surface area (Å²) in [5, 5.41) is 18.8. The lowest BCUT2D eigenvalue weighted by atomic mass is 9.98. The normalized spacial score (nSPS) is 34.0. The van der Waals surface area contributed by atoms with Gasteiger partial charge in [-0.15, -0.1) is 0 Å². The summed E-state index contributed by atoms with van der Waals surface area (Å²) >= 11 is 0. The quantitative estimate of drug-likeness (QED) is 0.272. The van der Waals surface area contributed by atoms with E-state index in [1.54, 1.807) is 0 Å². The summed E-state index contributed by atoms with van der Waals surface area (Å²) in [6.45, 7) is 0.254. The number of phosphoric acid groups is 3. The van der Waals surface area contributed by atoms with Crippen LogP contribution in [-0.2, 0) is 31.6 Å². The molecule has 0 aromatic rings. The van der Waals surface area contributed by atoms with Crippen LogP contribution in [0.4, 0.5) is 0 Å². The van der Waals surface area contributed by atoms with E-state index in [-0.39, 0.29) is 0 Å². The number of ether oxygens (including phenoxy) is 1. The Kier molecular flexibility index (Phi) is 7.12. The standard InChI is InChI=1S/C7H17O13P3/c1-4-7(9)5(2-8)6(18-4)3-17-22(13,14)20-23(15,16)19-21(10,11)12/h4-9H,2-3H2,1H3,(H,13,14)(H,15,16)(H2,10,11,12)/t4-,5+,6+,7-/m0/s1. The Morgan fingerprint density at radius 2 is 1.61 bits per heavy atom. The minimum absolute atomic E-state index is 0.518. The summed E-state index contributed by atoms with van der Waals surface area (Å²) in [5.41, 5.74) is 0. The highest BCUT2D eigenvalue weighted by atomic mass is 31.3. The van der Waals surface area contributed by atoms with Crippen LogP contribution in [0.5, 0.6) is 0 Å². The summed E-state index contributed by atoms with van der Waals surface area (Å²) in [5.74, 6) is -0.836. The van der Waals surface area contributed by atoms with Crippen LogP contribution in [0.25, 0.3) is 0 Å². The second-order valence-corrected chi connectivity index (χ2v) is 9.02. The van der Waals surface area contributed by atoms with Crippen molar-refractivity contribution in [2.24, 2.45) is 5.92 Å². The molecule has 138 valence electrons. The minimum Gasteiger partial charge on any atom is -0.396 e. The molecule has 1 aliphatic rings. The van der Waals surface area contributed by atoms with E-state index in [1.807, 2.05) is 0 Å². The third-order valence-electron chi connectivity index (χ3n) is 2.82. The summed E-state index contributed by atoms with van der Waals surface area (Å²) in [4.78, 5) is 35.0. The van der Waals surface area contributed by atoms with Crippen LogP contribution in [0.15, 0.2) is 0 Å². The zero-order valence-electron chi connectivity index (χ0n) is 11.6. The smallest absolute Gasteiger partial charge is 0.396 e. The van der Waals surface area contributed by atoms with Gasteiger partial charge in [0.25, 0.3) is 0 Å². The molecule has 0 amide bonds. The molecule has 1 saturated heterocycles. The Bertz CT molecular complexity index is 544. The monoisotopic (exact) mass is 402 g/mol. The van der Waals surface area contributed by atoms with Gasteiger partial charge in [-0.3, -0.25) is 4.52 Å². The summed E-state index contributed by atoms with van der Waals surface area (Å²) in [7, 11) is -16.3. The molecule has 0 saturated carbocycles. The van der Waals surface area contributed by atoms with E-state index in [0.717, 1.165) is 0 Å². The van der Waals surface area contributed by atoms with E-state index in [0.29, 0.717) is 0 Å². The summed E-state index contributed by atoms with van der Waals surface area (Å²) in [6.07, 6.45) is -2.77. The number of rotatable bonds is 8. The van der Waals surface area contributed by atoms with Gasteiger partial charge < -0.3 is 34.5 Å². The predicted octanol–water partition coefficient (Wildman–Crippen LogP) is -0.914. The maximum Gasteiger partial charge on any atom is 0.490 e. The zero-order chi connectivity index (χ0) is 18.1. The molecule has 23 heavy (non-hydrogen) atoms. The Labute approximate surface area is 130 Å². The van der Waals surface area contributed by atoms with Gasteiger partial charge in [-0.25, -0.2) is 13.7 Å². The highest BCUT2D eigenvalue weighted by Crippen LogP contribution is 2.66. The molecular formula is C7H17O13P3. The molecule has 0 aliphatic carbocycles. The maximum atomic E-state index is 11.5. The fourth-order valence-corrected chi connectivity index (χ4v) is 4.91. The molecule has 0 spiro atoms. The third-order valence-corrected chi connectivity index (χ3v) is 6.62. The first-order valence-electron chi connectivity index (χ1n) is 5.99. The van der Waals surface area contributed by atoms with Crippen LogP contribution < -0.4 is 0 Å². The van der Waals surface area contributed by atoms with Crippen molar-refractivity contribution in [3.63, 3.8) is 0 Å². The lowest BCUT2D eigenvalue weighted by molar-refractivity contribution is -0.00536. The second kappa shape index (κ2) is 7.67. The van der Waals surface area contributed by atoms with Crippen molar-refractivity contribution in [2.75, 3.05) is 13.2 Å². The van der Waals surface area contributed by atoms with E-state index in [1.165, 1.54) is 6.92 Å². The van der Waals surface area contributed by atoms with E-state index in [4.69, 9.17) is 24.5 Å². The van der Waals surface area contributed by atoms with Gasteiger partial charge in [-0.2, -0.15) is 8.62 Å². The van der Waals surface area contributed by atoms with E-state index in [9.17, 15) is 23.7 Å². The van der Waals surface area contributed by atoms with Gasteiger partial charge in [0.1, 0.15) is 0 Å².